The van der Waals surface area contributed by atoms with Crippen molar-refractivity contribution in [1.29, 1.82) is 0 Å². The molecular formula is C15H14N3O5+. The number of ether oxygens (including phenoxy) is 1. The standard InChI is InChI=1S/C15H14N3O5/c1-22-15(20)17(14(19)10-4-5-10)13-7-6-12(23-18(13)21)11-3-2-8-16-9-11/h2-3,6-10H,4-5H2,1H3/q+1. The molecule has 0 saturated heterocycles. The zero-order valence-corrected chi connectivity index (χ0v) is 12.3. The average Bonchev–Trinajstić information content (AvgIpc) is 3.42. The van der Waals surface area contributed by atoms with Crippen LogP contribution in [0.3, 0.4) is 0 Å². The lowest BCUT2D eigenvalue weighted by atomic mass is 10.2. The van der Waals surface area contributed by atoms with Crippen molar-refractivity contribution >= 4 is 17.8 Å². The molecule has 2 amide bonds. The van der Waals surface area contributed by atoms with Crippen LogP contribution in [0.1, 0.15) is 12.8 Å². The molecule has 0 radical (unpaired) electrons. The first-order valence-corrected chi connectivity index (χ1v) is 7.01. The Morgan fingerprint density at radius 3 is 2.70 bits per heavy atom. The van der Waals surface area contributed by atoms with Gasteiger partial charge in [-0.2, -0.15) is 4.79 Å². The third kappa shape index (κ3) is 2.96. The number of aromatic nitrogens is 2. The Kier molecular flexibility index (Phi) is 3.88. The molecule has 8 heteroatoms. The maximum atomic E-state index is 12.2. The number of pyridine rings is 1. The van der Waals surface area contributed by atoms with E-state index in [4.69, 9.17) is 4.52 Å². The Morgan fingerprint density at radius 1 is 1.35 bits per heavy atom. The van der Waals surface area contributed by atoms with E-state index in [0.29, 0.717) is 23.3 Å². The highest BCUT2D eigenvalue weighted by atomic mass is 16.6. The maximum absolute atomic E-state index is 12.2. The molecule has 0 atom stereocenters. The minimum atomic E-state index is -0.921. The molecule has 2 heterocycles. The molecule has 1 fully saturated rings. The summed E-state index contributed by atoms with van der Waals surface area (Å²) in [5.41, 5.74) is 0.599. The van der Waals surface area contributed by atoms with E-state index in [1.807, 2.05) is 0 Å². The number of amides is 2. The fourth-order valence-corrected chi connectivity index (χ4v) is 2.09. The molecular weight excluding hydrogens is 302 g/mol. The zero-order valence-electron chi connectivity index (χ0n) is 12.3. The molecule has 2 aromatic rings. The fourth-order valence-electron chi connectivity index (χ4n) is 2.09. The van der Waals surface area contributed by atoms with Crippen LogP contribution in [-0.2, 0) is 9.53 Å². The van der Waals surface area contributed by atoms with E-state index in [9.17, 15) is 14.5 Å². The zero-order chi connectivity index (χ0) is 16.4. The van der Waals surface area contributed by atoms with Crippen molar-refractivity contribution in [2.24, 2.45) is 5.92 Å². The van der Waals surface area contributed by atoms with Crippen LogP contribution in [0.15, 0.2) is 41.2 Å². The van der Waals surface area contributed by atoms with Crippen molar-refractivity contribution in [3.63, 3.8) is 0 Å². The predicted octanol–water partition coefficient (Wildman–Crippen LogP) is 1.77. The number of methoxy groups -OCH3 is 1. The van der Waals surface area contributed by atoms with Crippen molar-refractivity contribution in [1.82, 2.24) is 4.98 Å². The number of carbonyl (C=O) groups excluding carboxylic acids is 2. The molecule has 2 aromatic heterocycles. The number of imide groups is 1. The first-order chi connectivity index (χ1) is 11.1. The molecule has 0 aromatic carbocycles. The second-order valence-electron chi connectivity index (χ2n) is 5.06. The van der Waals surface area contributed by atoms with Gasteiger partial charge in [-0.3, -0.25) is 9.51 Å². The summed E-state index contributed by atoms with van der Waals surface area (Å²) < 4.78 is 9.86. The SMILES string of the molecule is COC(=O)N(C(=O)C1CC1)c1ccc(-c2cccnc2)o[n+]1=O. The van der Waals surface area contributed by atoms with Crippen molar-refractivity contribution in [3.05, 3.63) is 41.6 Å². The summed E-state index contributed by atoms with van der Waals surface area (Å²) in [6.45, 7) is 0. The summed E-state index contributed by atoms with van der Waals surface area (Å²) >= 11 is 0. The number of hydrogen-bond donors (Lipinski definition) is 0. The second-order valence-corrected chi connectivity index (χ2v) is 5.06. The maximum Gasteiger partial charge on any atom is 0.514 e. The van der Waals surface area contributed by atoms with Gasteiger partial charge in [0.2, 0.25) is 0 Å². The smallest absolute Gasteiger partial charge is 0.434 e. The summed E-state index contributed by atoms with van der Waals surface area (Å²) in [5, 5.41) is 0. The molecule has 0 N–H and O–H groups in total. The third-order valence-corrected chi connectivity index (χ3v) is 3.43. The highest BCUT2D eigenvalue weighted by Gasteiger charge is 2.45. The minimum absolute atomic E-state index is 0.125. The van der Waals surface area contributed by atoms with Crippen LogP contribution in [-0.4, -0.2) is 24.1 Å². The van der Waals surface area contributed by atoms with E-state index in [-0.39, 0.29) is 22.1 Å². The van der Waals surface area contributed by atoms with Gasteiger partial charge in [0.05, 0.1) is 13.0 Å². The Balaban J connectivity index is 1.99. The van der Waals surface area contributed by atoms with Crippen molar-refractivity contribution in [2.45, 2.75) is 12.8 Å². The van der Waals surface area contributed by atoms with Crippen molar-refractivity contribution in [2.75, 3.05) is 12.0 Å². The lowest BCUT2D eigenvalue weighted by Crippen LogP contribution is -2.43. The topological polar surface area (TPSA) is 95.6 Å². The highest BCUT2D eigenvalue weighted by Crippen LogP contribution is 2.32. The number of rotatable bonds is 3. The van der Waals surface area contributed by atoms with Crippen molar-refractivity contribution in [3.8, 4) is 11.3 Å². The molecule has 0 spiro atoms. The number of anilines is 1. The molecule has 23 heavy (non-hydrogen) atoms. The Bertz CT molecular complexity index is 798. The summed E-state index contributed by atoms with van der Waals surface area (Å²) in [6, 6.07) is 6.26. The molecule has 118 valence electrons. The average molecular weight is 316 g/mol. The monoisotopic (exact) mass is 316 g/mol. The second kappa shape index (κ2) is 5.99. The van der Waals surface area contributed by atoms with Gasteiger partial charge >= 0.3 is 17.8 Å². The van der Waals surface area contributed by atoms with Crippen molar-refractivity contribution < 1.29 is 23.4 Å². The van der Waals surface area contributed by atoms with Crippen LogP contribution in [0.5, 0.6) is 0 Å². The molecule has 8 nitrogen and oxygen atoms in total. The van der Waals surface area contributed by atoms with E-state index in [2.05, 4.69) is 9.72 Å². The normalized spacial score (nSPS) is 13.4. The minimum Gasteiger partial charge on any atom is -0.434 e. The van der Waals surface area contributed by atoms with Gasteiger partial charge in [0.15, 0.2) is 10.4 Å². The van der Waals surface area contributed by atoms with E-state index in [1.165, 1.54) is 18.3 Å². The van der Waals surface area contributed by atoms with Crippen LogP contribution in [0.2, 0.25) is 0 Å². The summed E-state index contributed by atoms with van der Waals surface area (Å²) in [5.74, 6) is -0.695. The summed E-state index contributed by atoms with van der Waals surface area (Å²) in [4.78, 5) is 40.9. The van der Waals surface area contributed by atoms with Gasteiger partial charge in [-0.1, -0.05) is 4.90 Å². The predicted molar refractivity (Wildman–Crippen MR) is 77.9 cm³/mol. The number of hydrogen-bond acceptors (Lipinski definition) is 6. The van der Waals surface area contributed by atoms with Gasteiger partial charge in [0, 0.05) is 24.0 Å². The van der Waals surface area contributed by atoms with E-state index in [0.717, 1.165) is 7.11 Å². The third-order valence-electron chi connectivity index (χ3n) is 3.43. The quantitative estimate of drug-likeness (QED) is 0.856. The van der Waals surface area contributed by atoms with Gasteiger partial charge < -0.3 is 4.74 Å². The van der Waals surface area contributed by atoms with Gasteiger partial charge in [0.1, 0.15) is 0 Å². The first-order valence-electron chi connectivity index (χ1n) is 7.01. The number of nitrogens with zero attached hydrogens (tertiary/aromatic N) is 3. The number of carbonyl (C=O) groups is 2. The lowest BCUT2D eigenvalue weighted by molar-refractivity contribution is -0.693. The van der Waals surface area contributed by atoms with Crippen LogP contribution in [0.4, 0.5) is 10.6 Å². The Hall–Kier alpha value is -3.03. The summed E-state index contributed by atoms with van der Waals surface area (Å²) in [6.07, 6.45) is 3.59. The van der Waals surface area contributed by atoms with Gasteiger partial charge in [0.25, 0.3) is 0 Å². The van der Waals surface area contributed by atoms with Gasteiger partial charge in [-0.15, -0.1) is 0 Å². The van der Waals surface area contributed by atoms with Gasteiger partial charge in [-0.25, -0.2) is 4.79 Å². The van der Waals surface area contributed by atoms with Crippen LogP contribution >= 0.6 is 0 Å². The first kappa shape index (κ1) is 14.9. The molecule has 0 bridgehead atoms. The van der Waals surface area contributed by atoms with E-state index in [1.54, 1.807) is 18.3 Å². The summed E-state index contributed by atoms with van der Waals surface area (Å²) in [7, 11) is 1.14. The van der Waals surface area contributed by atoms with E-state index >= 15 is 0 Å². The Morgan fingerprint density at radius 2 is 2.13 bits per heavy atom. The van der Waals surface area contributed by atoms with Crippen LogP contribution in [0, 0.1) is 10.8 Å². The van der Waals surface area contributed by atoms with Gasteiger partial charge in [-0.05, 0) is 35.9 Å². The van der Waals surface area contributed by atoms with Crippen LogP contribution in [0.25, 0.3) is 11.3 Å². The molecule has 0 unspecified atom stereocenters. The molecule has 3 rings (SSSR count). The molecule has 1 saturated carbocycles. The Labute approximate surface area is 130 Å². The van der Waals surface area contributed by atoms with E-state index < -0.39 is 12.0 Å². The fraction of sp³-hybridized carbons (Fsp3) is 0.267. The molecule has 1 aliphatic rings. The highest BCUT2D eigenvalue weighted by molar-refractivity contribution is 6.12. The largest absolute Gasteiger partial charge is 0.514 e. The lowest BCUT2D eigenvalue weighted by Gasteiger charge is -2.08. The van der Waals surface area contributed by atoms with Crippen LogP contribution < -0.4 is 9.50 Å². The molecule has 1 aliphatic carbocycles. The molecule has 0 aliphatic heterocycles.